The number of nitrogens with zero attached hydrogens (tertiary/aromatic N) is 1. The van der Waals surface area contributed by atoms with E-state index in [9.17, 15) is 0 Å². The summed E-state index contributed by atoms with van der Waals surface area (Å²) in [4.78, 5) is 3.38. The quantitative estimate of drug-likeness (QED) is 0.170. The van der Waals surface area contributed by atoms with Crippen LogP contribution in [0.25, 0.3) is 26.8 Å². The van der Waals surface area contributed by atoms with Crippen LogP contribution in [0.15, 0.2) is 168 Å². The summed E-state index contributed by atoms with van der Waals surface area (Å²) in [5, 5.41) is 2.82. The number of para-hydroxylation sites is 3. The van der Waals surface area contributed by atoms with Crippen LogP contribution in [0.3, 0.4) is 0 Å². The highest BCUT2D eigenvalue weighted by Gasteiger charge is 2.09. The fourth-order valence-corrected chi connectivity index (χ4v) is 5.34. The summed E-state index contributed by atoms with van der Waals surface area (Å²) in [6, 6.07) is 53.5. The third-order valence-electron chi connectivity index (χ3n) is 8.06. The lowest BCUT2D eigenvalue weighted by Gasteiger charge is -2.08. The van der Waals surface area contributed by atoms with Crippen LogP contribution < -0.4 is 9.47 Å². The molecule has 7 aromatic carbocycles. The van der Waals surface area contributed by atoms with E-state index in [2.05, 4.69) is 75.0 Å². The number of hydrogen-bond donors (Lipinski definition) is 0. The number of rotatable bonds is 4. The molecule has 5 heteroatoms. The predicted molar refractivity (Wildman–Crippen MR) is 221 cm³/mol. The summed E-state index contributed by atoms with van der Waals surface area (Å²) < 4.78 is 17.0. The molecule has 8 rings (SSSR count). The van der Waals surface area contributed by atoms with Crippen molar-refractivity contribution in [1.82, 2.24) is 0 Å². The molecule has 0 radical (unpaired) electrons. The molecule has 0 atom stereocenters. The van der Waals surface area contributed by atoms with Crippen molar-refractivity contribution in [3.63, 3.8) is 0 Å². The van der Waals surface area contributed by atoms with Crippen LogP contribution in [0, 0.1) is 41.2 Å². The van der Waals surface area contributed by atoms with E-state index in [0.29, 0.717) is 22.2 Å². The zero-order valence-corrected chi connectivity index (χ0v) is 31.4. The average molecular weight is 716 g/mol. The standard InChI is InChI=1S/C14H10ClNO.C13H10O.C13H12O.C8H10/c1-10-6-8-11(9-7-10)17-13-5-3-4-12(15)14(13)16-2;1-9-6-7-13-11(8-9)10-4-2-3-5-12(10)14-13;1-11-7-9-13(10-8-11)14-12-5-3-2-4-6-12;1-7-3-5-8(2)6-4-7/h3-9H,1H3;2-8H,1H3;2-10H,1H3;3-6H,1-2H3. The van der Waals surface area contributed by atoms with Gasteiger partial charge in [-0.3, -0.25) is 0 Å². The van der Waals surface area contributed by atoms with E-state index in [-0.39, 0.29) is 0 Å². The molecular weight excluding hydrogens is 674 g/mol. The number of benzene rings is 7. The van der Waals surface area contributed by atoms with Gasteiger partial charge in [0.1, 0.15) is 34.2 Å². The SMILES string of the molecule is Cc1ccc(C)cc1.Cc1ccc(Oc2ccccc2)cc1.Cc1ccc2oc3ccccc3c2c1.[C-]#[N+]c1c(Cl)cccc1Oc1ccc(C)cc1. The fraction of sp³-hybridized carbons (Fsp3) is 0.104. The maximum absolute atomic E-state index is 7.09. The van der Waals surface area contributed by atoms with Crippen molar-refractivity contribution < 1.29 is 13.9 Å². The molecule has 0 unspecified atom stereocenters. The predicted octanol–water partition coefficient (Wildman–Crippen LogP) is 15.0. The summed E-state index contributed by atoms with van der Waals surface area (Å²) >= 11 is 5.93. The number of hydrogen-bond acceptors (Lipinski definition) is 3. The Bertz CT molecular complexity index is 2370. The second kappa shape index (κ2) is 18.8. The minimum absolute atomic E-state index is 0.342. The van der Waals surface area contributed by atoms with Gasteiger partial charge in [0.25, 0.3) is 0 Å². The Morgan fingerprint density at radius 3 is 1.51 bits per heavy atom. The molecule has 0 saturated carbocycles. The molecule has 1 heterocycles. The molecule has 0 N–H and O–H groups in total. The van der Waals surface area contributed by atoms with Crippen LogP contribution in [-0.2, 0) is 0 Å². The van der Waals surface area contributed by atoms with E-state index < -0.39 is 0 Å². The molecule has 264 valence electrons. The Labute approximate surface area is 317 Å². The van der Waals surface area contributed by atoms with Crippen LogP contribution in [0.5, 0.6) is 23.0 Å². The molecule has 4 nitrogen and oxygen atoms in total. The first-order valence-electron chi connectivity index (χ1n) is 17.3. The summed E-state index contributed by atoms with van der Waals surface area (Å²) in [6.45, 7) is 17.4. The number of halogens is 1. The molecule has 0 aliphatic carbocycles. The molecule has 53 heavy (non-hydrogen) atoms. The van der Waals surface area contributed by atoms with Crippen molar-refractivity contribution >= 4 is 39.2 Å². The number of aryl methyl sites for hydroxylation is 5. The van der Waals surface area contributed by atoms with Gasteiger partial charge in [-0.15, -0.1) is 0 Å². The van der Waals surface area contributed by atoms with Gasteiger partial charge in [0, 0.05) is 10.8 Å². The maximum Gasteiger partial charge on any atom is 0.246 e. The zero-order valence-electron chi connectivity index (χ0n) is 30.6. The van der Waals surface area contributed by atoms with E-state index >= 15 is 0 Å². The molecule has 8 aromatic rings. The highest BCUT2D eigenvalue weighted by Crippen LogP contribution is 2.37. The lowest BCUT2D eigenvalue weighted by Crippen LogP contribution is -1.84. The Morgan fingerprint density at radius 2 is 0.925 bits per heavy atom. The maximum atomic E-state index is 7.09. The normalized spacial score (nSPS) is 10.1. The largest absolute Gasteiger partial charge is 0.468 e. The van der Waals surface area contributed by atoms with Crippen molar-refractivity contribution in [2.75, 3.05) is 0 Å². The average Bonchev–Trinajstić information content (AvgIpc) is 3.54. The van der Waals surface area contributed by atoms with Crippen LogP contribution in [-0.4, -0.2) is 0 Å². The van der Waals surface area contributed by atoms with E-state index in [1.165, 1.54) is 33.0 Å². The topological polar surface area (TPSA) is 36.0 Å². The molecule has 0 amide bonds. The van der Waals surface area contributed by atoms with Crippen LogP contribution in [0.2, 0.25) is 5.02 Å². The van der Waals surface area contributed by atoms with Gasteiger partial charge >= 0.3 is 0 Å². The minimum atomic E-state index is 0.342. The molecule has 0 spiro atoms. The van der Waals surface area contributed by atoms with Crippen LogP contribution in [0.1, 0.15) is 27.8 Å². The molecule has 0 bridgehead atoms. The van der Waals surface area contributed by atoms with E-state index in [1.807, 2.05) is 110 Å². The van der Waals surface area contributed by atoms with Crippen molar-refractivity contribution in [2.24, 2.45) is 0 Å². The Balaban J connectivity index is 0.000000140. The monoisotopic (exact) mass is 715 g/mol. The van der Waals surface area contributed by atoms with Gasteiger partial charge in [-0.05, 0) is 95.3 Å². The molecular formula is C48H42ClNO3. The summed E-state index contributed by atoms with van der Waals surface area (Å²) in [5.74, 6) is 2.93. The first kappa shape index (κ1) is 38.0. The van der Waals surface area contributed by atoms with Crippen LogP contribution in [0.4, 0.5) is 5.69 Å². The zero-order chi connectivity index (χ0) is 37.6. The molecule has 0 aliphatic heterocycles. The third kappa shape index (κ3) is 11.4. The van der Waals surface area contributed by atoms with Crippen LogP contribution >= 0.6 is 11.6 Å². The lowest BCUT2D eigenvalue weighted by molar-refractivity contribution is 0.482. The lowest BCUT2D eigenvalue weighted by atomic mass is 10.1. The van der Waals surface area contributed by atoms with E-state index in [0.717, 1.165) is 28.2 Å². The molecule has 0 saturated heterocycles. The number of furan rings is 1. The second-order valence-corrected chi connectivity index (χ2v) is 13.0. The molecule has 0 aliphatic rings. The van der Waals surface area contributed by atoms with Gasteiger partial charge in [-0.1, -0.05) is 143 Å². The van der Waals surface area contributed by atoms with Crippen molar-refractivity contribution in [1.29, 1.82) is 0 Å². The Morgan fingerprint density at radius 1 is 0.453 bits per heavy atom. The van der Waals surface area contributed by atoms with E-state index in [1.54, 1.807) is 18.2 Å². The third-order valence-corrected chi connectivity index (χ3v) is 8.37. The number of ether oxygens (including phenoxy) is 2. The van der Waals surface area contributed by atoms with Crippen molar-refractivity contribution in [3.8, 4) is 23.0 Å². The Kier molecular flexibility index (Phi) is 13.5. The molecule has 1 aromatic heterocycles. The second-order valence-electron chi connectivity index (χ2n) is 12.6. The van der Waals surface area contributed by atoms with Gasteiger partial charge in [0.2, 0.25) is 5.69 Å². The molecule has 0 fully saturated rings. The van der Waals surface area contributed by atoms with Crippen molar-refractivity contribution in [3.05, 3.63) is 208 Å². The number of fused-ring (bicyclic) bond motifs is 3. The smallest absolute Gasteiger partial charge is 0.246 e. The van der Waals surface area contributed by atoms with E-state index in [4.69, 9.17) is 32.1 Å². The van der Waals surface area contributed by atoms with Crippen molar-refractivity contribution in [2.45, 2.75) is 34.6 Å². The Hall–Kier alpha value is -6.28. The first-order chi connectivity index (χ1) is 25.7. The first-order valence-corrected chi connectivity index (χ1v) is 17.7. The highest BCUT2D eigenvalue weighted by molar-refractivity contribution is 6.33. The van der Waals surface area contributed by atoms with Gasteiger partial charge in [0.15, 0.2) is 0 Å². The summed E-state index contributed by atoms with van der Waals surface area (Å²) in [7, 11) is 0. The summed E-state index contributed by atoms with van der Waals surface area (Å²) in [6.07, 6.45) is 0. The van der Waals surface area contributed by atoms with Gasteiger partial charge < -0.3 is 13.9 Å². The minimum Gasteiger partial charge on any atom is -0.468 e. The highest BCUT2D eigenvalue weighted by atomic mass is 35.5. The summed E-state index contributed by atoms with van der Waals surface area (Å²) in [5.41, 5.74) is 8.61. The fourth-order valence-electron chi connectivity index (χ4n) is 5.13. The van der Waals surface area contributed by atoms with Gasteiger partial charge in [0.05, 0.1) is 11.6 Å². The van der Waals surface area contributed by atoms with Gasteiger partial charge in [-0.25, -0.2) is 4.85 Å². The van der Waals surface area contributed by atoms with Gasteiger partial charge in [-0.2, -0.15) is 0 Å².